The number of aliphatic hydroxyl groups is 1. The van der Waals surface area contributed by atoms with Crippen LogP contribution in [0.5, 0.6) is 5.75 Å². The molecule has 21 heavy (non-hydrogen) atoms. The van der Waals surface area contributed by atoms with Gasteiger partial charge in [-0.2, -0.15) is 11.8 Å². The lowest BCUT2D eigenvalue weighted by Crippen LogP contribution is -2.25. The molecule has 0 aliphatic rings. The van der Waals surface area contributed by atoms with Gasteiger partial charge in [-0.1, -0.05) is 12.5 Å². The van der Waals surface area contributed by atoms with E-state index in [4.69, 9.17) is 9.84 Å². The first-order valence-electron chi connectivity index (χ1n) is 6.81. The van der Waals surface area contributed by atoms with Crippen molar-refractivity contribution in [3.63, 3.8) is 0 Å². The van der Waals surface area contributed by atoms with Gasteiger partial charge in [0.15, 0.2) is 0 Å². The summed E-state index contributed by atoms with van der Waals surface area (Å²) in [7, 11) is -2.19. The first-order valence-corrected chi connectivity index (χ1v) is 9.69. The molecule has 7 heteroatoms. The Kier molecular flexibility index (Phi) is 8.10. The molecule has 0 radical (unpaired) electrons. The Bertz CT molecular complexity index is 532. The summed E-state index contributed by atoms with van der Waals surface area (Å²) in [6, 6.07) is 4.63. The molecule has 0 saturated heterocycles. The number of hydrogen-bond donors (Lipinski definition) is 2. The van der Waals surface area contributed by atoms with E-state index in [0.29, 0.717) is 12.1 Å². The van der Waals surface area contributed by atoms with Crippen LogP contribution in [-0.4, -0.2) is 39.2 Å². The molecule has 120 valence electrons. The van der Waals surface area contributed by atoms with Crippen molar-refractivity contribution >= 4 is 21.8 Å². The molecule has 1 aromatic carbocycles. The summed E-state index contributed by atoms with van der Waals surface area (Å²) in [4.78, 5) is 0.0701. The van der Waals surface area contributed by atoms with Crippen molar-refractivity contribution < 1.29 is 18.3 Å². The third-order valence-corrected chi connectivity index (χ3v) is 5.20. The molecule has 1 rings (SSSR count). The number of thioether (sulfide) groups is 1. The lowest BCUT2D eigenvalue weighted by atomic mass is 10.2. The molecule has 0 atom stereocenters. The standard InChI is InChI=1S/C14H23NO4S2/c1-19-13-7-6-12(11-16)10-14(13)21(17,18)15-8-4-3-5-9-20-2/h6-7,10,15-16H,3-5,8-9,11H2,1-2H3. The number of sulfonamides is 1. The van der Waals surface area contributed by atoms with Crippen LogP contribution >= 0.6 is 11.8 Å². The Hall–Kier alpha value is -0.760. The maximum absolute atomic E-state index is 12.3. The second-order valence-corrected chi connectivity index (χ2v) is 7.32. The van der Waals surface area contributed by atoms with Crippen LogP contribution in [0.1, 0.15) is 24.8 Å². The van der Waals surface area contributed by atoms with Gasteiger partial charge >= 0.3 is 0 Å². The topological polar surface area (TPSA) is 75.6 Å². The van der Waals surface area contributed by atoms with Crippen molar-refractivity contribution in [1.82, 2.24) is 4.72 Å². The molecular formula is C14H23NO4S2. The van der Waals surface area contributed by atoms with Crippen molar-refractivity contribution in [3.05, 3.63) is 23.8 Å². The first-order chi connectivity index (χ1) is 10.0. The van der Waals surface area contributed by atoms with Gasteiger partial charge in [-0.25, -0.2) is 13.1 Å². The fraction of sp³-hybridized carbons (Fsp3) is 0.571. The number of methoxy groups -OCH3 is 1. The fourth-order valence-corrected chi connectivity index (χ4v) is 3.65. The SMILES string of the molecule is COc1ccc(CO)cc1S(=O)(=O)NCCCCCSC. The van der Waals surface area contributed by atoms with Crippen molar-refractivity contribution in [2.45, 2.75) is 30.8 Å². The summed E-state index contributed by atoms with van der Waals surface area (Å²) in [5.74, 6) is 1.38. The maximum Gasteiger partial charge on any atom is 0.244 e. The highest BCUT2D eigenvalue weighted by molar-refractivity contribution is 7.98. The highest BCUT2D eigenvalue weighted by atomic mass is 32.2. The number of unbranched alkanes of at least 4 members (excludes halogenated alkanes) is 2. The monoisotopic (exact) mass is 333 g/mol. The molecule has 2 N–H and O–H groups in total. The van der Waals surface area contributed by atoms with Gasteiger partial charge in [-0.3, -0.25) is 0 Å². The molecule has 1 aromatic rings. The number of benzene rings is 1. The van der Waals surface area contributed by atoms with Gasteiger partial charge in [-0.05, 0) is 42.5 Å². The molecule has 0 aromatic heterocycles. The fourth-order valence-electron chi connectivity index (χ4n) is 1.86. The van der Waals surface area contributed by atoms with E-state index in [0.717, 1.165) is 25.0 Å². The van der Waals surface area contributed by atoms with Crippen LogP contribution in [0.2, 0.25) is 0 Å². The first kappa shape index (κ1) is 18.3. The lowest BCUT2D eigenvalue weighted by Gasteiger charge is -2.12. The van der Waals surface area contributed by atoms with Gasteiger partial charge in [0.05, 0.1) is 13.7 Å². The van der Waals surface area contributed by atoms with Crippen molar-refractivity contribution in [3.8, 4) is 5.75 Å². The van der Waals surface area contributed by atoms with Gasteiger partial charge in [0.2, 0.25) is 10.0 Å². The quantitative estimate of drug-likeness (QED) is 0.641. The molecule has 0 unspecified atom stereocenters. The second kappa shape index (κ2) is 9.30. The van der Waals surface area contributed by atoms with Gasteiger partial charge in [0, 0.05) is 6.54 Å². The van der Waals surface area contributed by atoms with Gasteiger partial charge < -0.3 is 9.84 Å². The third-order valence-electron chi connectivity index (χ3n) is 3.02. The number of aliphatic hydroxyl groups excluding tert-OH is 1. The van der Waals surface area contributed by atoms with Crippen LogP contribution < -0.4 is 9.46 Å². The van der Waals surface area contributed by atoms with Crippen molar-refractivity contribution in [2.75, 3.05) is 25.7 Å². The molecule has 0 saturated carbocycles. The Balaban J connectivity index is 2.69. The molecule has 0 heterocycles. The second-order valence-electron chi connectivity index (χ2n) is 4.59. The third kappa shape index (κ3) is 5.86. The molecule has 5 nitrogen and oxygen atoms in total. The largest absolute Gasteiger partial charge is 0.495 e. The van der Waals surface area contributed by atoms with Crippen LogP contribution in [0.25, 0.3) is 0 Å². The molecule has 0 bridgehead atoms. The van der Waals surface area contributed by atoms with Crippen LogP contribution in [-0.2, 0) is 16.6 Å². The average molecular weight is 333 g/mol. The minimum Gasteiger partial charge on any atom is -0.495 e. The summed E-state index contributed by atoms with van der Waals surface area (Å²) in [6.45, 7) is 0.199. The van der Waals surface area contributed by atoms with E-state index < -0.39 is 10.0 Å². The minimum atomic E-state index is -3.62. The summed E-state index contributed by atoms with van der Waals surface area (Å²) in [6.07, 6.45) is 4.95. The van der Waals surface area contributed by atoms with Crippen LogP contribution in [0, 0.1) is 0 Å². The van der Waals surface area contributed by atoms with Crippen LogP contribution in [0.4, 0.5) is 0 Å². The zero-order valence-corrected chi connectivity index (χ0v) is 14.1. The number of hydrogen-bond acceptors (Lipinski definition) is 5. The zero-order valence-electron chi connectivity index (χ0n) is 12.5. The highest BCUT2D eigenvalue weighted by Crippen LogP contribution is 2.24. The molecule has 0 amide bonds. The molecular weight excluding hydrogens is 310 g/mol. The van der Waals surface area contributed by atoms with Gasteiger partial charge in [0.1, 0.15) is 10.6 Å². The molecule has 0 aliphatic carbocycles. The molecule has 0 fully saturated rings. The van der Waals surface area contributed by atoms with Crippen molar-refractivity contribution in [2.24, 2.45) is 0 Å². The van der Waals surface area contributed by atoms with Crippen LogP contribution in [0.3, 0.4) is 0 Å². The summed E-state index contributed by atoms with van der Waals surface area (Å²) in [5, 5.41) is 9.13. The Morgan fingerprint density at radius 2 is 2.05 bits per heavy atom. The van der Waals surface area contributed by atoms with E-state index in [1.807, 2.05) is 0 Å². The average Bonchev–Trinajstić information content (AvgIpc) is 2.50. The highest BCUT2D eigenvalue weighted by Gasteiger charge is 2.19. The van der Waals surface area contributed by atoms with Gasteiger partial charge in [0.25, 0.3) is 0 Å². The van der Waals surface area contributed by atoms with Crippen LogP contribution in [0.15, 0.2) is 23.1 Å². The molecule has 0 spiro atoms. The number of nitrogens with one attached hydrogen (secondary N) is 1. The normalized spacial score (nSPS) is 11.6. The van der Waals surface area contributed by atoms with E-state index in [1.165, 1.54) is 13.2 Å². The van der Waals surface area contributed by atoms with Gasteiger partial charge in [-0.15, -0.1) is 0 Å². The smallest absolute Gasteiger partial charge is 0.244 e. The van der Waals surface area contributed by atoms with E-state index in [9.17, 15) is 8.42 Å². The zero-order chi connectivity index (χ0) is 15.7. The van der Waals surface area contributed by atoms with E-state index in [2.05, 4.69) is 11.0 Å². The summed E-state index contributed by atoms with van der Waals surface area (Å²) >= 11 is 1.79. The number of ether oxygens (including phenoxy) is 1. The van der Waals surface area contributed by atoms with E-state index >= 15 is 0 Å². The van der Waals surface area contributed by atoms with Crippen molar-refractivity contribution in [1.29, 1.82) is 0 Å². The predicted molar refractivity (Wildman–Crippen MR) is 86.3 cm³/mol. The number of rotatable bonds is 10. The minimum absolute atomic E-state index is 0.0701. The molecule has 0 aliphatic heterocycles. The maximum atomic E-state index is 12.3. The summed E-state index contributed by atoms with van der Waals surface area (Å²) < 4.78 is 32.3. The Morgan fingerprint density at radius 1 is 1.29 bits per heavy atom. The predicted octanol–water partition coefficient (Wildman–Crippen LogP) is 2.00. The lowest BCUT2D eigenvalue weighted by molar-refractivity contribution is 0.281. The Morgan fingerprint density at radius 3 is 2.67 bits per heavy atom. The van der Waals surface area contributed by atoms with E-state index in [-0.39, 0.29) is 17.3 Å². The Labute approximate surface area is 131 Å². The van der Waals surface area contributed by atoms with E-state index in [1.54, 1.807) is 23.9 Å². The summed E-state index contributed by atoms with van der Waals surface area (Å²) in [5.41, 5.74) is 0.538.